The molecule has 0 aliphatic rings. The number of carbonyl (C=O) groups is 3. The smallest absolute Gasteiger partial charge is 0.493 e. The molecule has 0 bridgehead atoms. The average molecular weight is 619 g/mol. The quantitative estimate of drug-likeness (QED) is 0.252. The number of pyridine rings is 1. The molecule has 0 spiro atoms. The molecule has 2 aromatic carbocycles. The van der Waals surface area contributed by atoms with Gasteiger partial charge in [0.05, 0.1) is 19.8 Å². The van der Waals surface area contributed by atoms with Crippen molar-refractivity contribution < 1.29 is 33.7 Å². The fourth-order valence-corrected chi connectivity index (χ4v) is 4.30. The van der Waals surface area contributed by atoms with Gasteiger partial charge in [-0.25, -0.2) is 9.78 Å². The van der Waals surface area contributed by atoms with E-state index in [0.717, 1.165) is 0 Å². The third kappa shape index (κ3) is 7.90. The van der Waals surface area contributed by atoms with Gasteiger partial charge in [0.1, 0.15) is 11.6 Å². The zero-order chi connectivity index (χ0) is 31.0. The van der Waals surface area contributed by atoms with Crippen LogP contribution in [-0.2, 0) is 15.1 Å². The van der Waals surface area contributed by atoms with E-state index in [2.05, 4.69) is 15.6 Å². The number of carbonyl (C=O) groups excluding carboxylic acids is 3. The van der Waals surface area contributed by atoms with Crippen LogP contribution in [0.4, 0.5) is 4.79 Å². The van der Waals surface area contributed by atoms with Crippen LogP contribution in [-0.4, -0.2) is 53.9 Å². The molecule has 0 fully saturated rings. The van der Waals surface area contributed by atoms with E-state index in [-0.39, 0.29) is 29.7 Å². The number of aliphatic hydroxyl groups is 1. The lowest BCUT2D eigenvalue weighted by atomic mass is 9.80. The minimum Gasteiger partial charge on any atom is -0.493 e. The van der Waals surface area contributed by atoms with Gasteiger partial charge in [0.15, 0.2) is 11.4 Å². The van der Waals surface area contributed by atoms with E-state index in [9.17, 15) is 19.5 Å². The molecule has 2 amide bonds. The highest BCUT2D eigenvalue weighted by atomic mass is 35.5. The first-order valence-corrected chi connectivity index (χ1v) is 13.9. The van der Waals surface area contributed by atoms with E-state index in [1.165, 1.54) is 26.3 Å². The highest BCUT2D eigenvalue weighted by Crippen LogP contribution is 2.35. The Morgan fingerprint density at radius 2 is 1.45 bits per heavy atom. The predicted octanol–water partition coefficient (Wildman–Crippen LogP) is 5.13. The van der Waals surface area contributed by atoms with Crippen molar-refractivity contribution in [2.45, 2.75) is 45.4 Å². The molecule has 0 radical (unpaired) electrons. The van der Waals surface area contributed by atoms with Crippen LogP contribution in [0.25, 0.3) is 0 Å². The van der Waals surface area contributed by atoms with Crippen molar-refractivity contribution in [1.29, 1.82) is 0 Å². The van der Waals surface area contributed by atoms with Gasteiger partial charge in [-0.05, 0) is 55.2 Å². The van der Waals surface area contributed by atoms with Crippen molar-refractivity contribution in [3.8, 4) is 11.5 Å². The fourth-order valence-electron chi connectivity index (χ4n) is 4.05. The molecule has 12 heteroatoms. The van der Waals surface area contributed by atoms with Gasteiger partial charge >= 0.3 is 6.16 Å². The van der Waals surface area contributed by atoms with Crippen molar-refractivity contribution in [1.82, 2.24) is 15.6 Å². The third-order valence-corrected chi connectivity index (χ3v) is 6.82. The summed E-state index contributed by atoms with van der Waals surface area (Å²) in [6, 6.07) is 12.6. The Labute approximate surface area is 254 Å². The molecular weight excluding hydrogens is 585 g/mol. The van der Waals surface area contributed by atoms with Crippen LogP contribution in [0.5, 0.6) is 11.5 Å². The van der Waals surface area contributed by atoms with Crippen LogP contribution in [0.3, 0.4) is 0 Å². The number of halogens is 2. The molecule has 1 aromatic heterocycles. The number of nitrogens with zero attached hydrogens (tertiary/aromatic N) is 1. The maximum absolute atomic E-state index is 13.2. The van der Waals surface area contributed by atoms with Crippen molar-refractivity contribution in [3.63, 3.8) is 0 Å². The SMILES string of the molecule is COc1ccnc(C(=O)N[C@@H](C)C(=O)N[C@@H](C)C(O)(c2ccc(Cl)cc2)c2ccc(Cl)cc2)c1OC(=O)OCC(C)C. The highest BCUT2D eigenvalue weighted by Gasteiger charge is 2.39. The molecule has 3 N–H and O–H groups in total. The Balaban J connectivity index is 1.80. The Kier molecular flexibility index (Phi) is 11.2. The first kappa shape index (κ1) is 32.7. The summed E-state index contributed by atoms with van der Waals surface area (Å²) in [7, 11) is 1.34. The van der Waals surface area contributed by atoms with Crippen LogP contribution in [0.2, 0.25) is 10.0 Å². The van der Waals surface area contributed by atoms with Crippen molar-refractivity contribution in [3.05, 3.63) is 87.7 Å². The summed E-state index contributed by atoms with van der Waals surface area (Å²) in [5, 5.41) is 18.3. The number of rotatable bonds is 11. The van der Waals surface area contributed by atoms with E-state index < -0.39 is 35.7 Å². The normalized spacial score (nSPS) is 12.7. The van der Waals surface area contributed by atoms with Crippen LogP contribution in [0, 0.1) is 5.92 Å². The molecule has 10 nitrogen and oxygen atoms in total. The zero-order valence-electron chi connectivity index (χ0n) is 23.8. The molecule has 0 unspecified atom stereocenters. The minimum absolute atomic E-state index is 0.0647. The number of amides is 2. The predicted molar refractivity (Wildman–Crippen MR) is 158 cm³/mol. The zero-order valence-corrected chi connectivity index (χ0v) is 25.3. The van der Waals surface area contributed by atoms with Gasteiger partial charge in [-0.15, -0.1) is 0 Å². The van der Waals surface area contributed by atoms with E-state index in [1.807, 2.05) is 13.8 Å². The van der Waals surface area contributed by atoms with E-state index in [1.54, 1.807) is 55.5 Å². The Morgan fingerprint density at radius 3 is 1.95 bits per heavy atom. The first-order chi connectivity index (χ1) is 19.9. The molecule has 0 aliphatic carbocycles. The number of aromatic nitrogens is 1. The number of ether oxygens (including phenoxy) is 3. The second-order valence-corrected chi connectivity index (χ2v) is 10.8. The summed E-state index contributed by atoms with van der Waals surface area (Å²) >= 11 is 12.1. The Morgan fingerprint density at radius 1 is 0.905 bits per heavy atom. The van der Waals surface area contributed by atoms with Crippen LogP contribution in [0.15, 0.2) is 60.8 Å². The van der Waals surface area contributed by atoms with Gasteiger partial charge in [-0.3, -0.25) is 9.59 Å². The molecule has 3 aromatic rings. The third-order valence-electron chi connectivity index (χ3n) is 6.32. The van der Waals surface area contributed by atoms with Gasteiger partial charge in [0.25, 0.3) is 5.91 Å². The molecular formula is C30H33Cl2N3O7. The van der Waals surface area contributed by atoms with Gasteiger partial charge in [-0.1, -0.05) is 61.3 Å². The summed E-state index contributed by atoms with van der Waals surface area (Å²) in [6.45, 7) is 6.91. The topological polar surface area (TPSA) is 136 Å². The highest BCUT2D eigenvalue weighted by molar-refractivity contribution is 6.30. The number of nitrogens with one attached hydrogen (secondary N) is 2. The fraction of sp³-hybridized carbons (Fsp3) is 0.333. The molecule has 3 rings (SSSR count). The molecule has 2 atom stereocenters. The van der Waals surface area contributed by atoms with Crippen molar-refractivity contribution >= 4 is 41.2 Å². The van der Waals surface area contributed by atoms with E-state index in [4.69, 9.17) is 37.4 Å². The average Bonchev–Trinajstić information content (AvgIpc) is 2.96. The summed E-state index contributed by atoms with van der Waals surface area (Å²) in [5.41, 5.74) is -1.02. The monoisotopic (exact) mass is 617 g/mol. The summed E-state index contributed by atoms with van der Waals surface area (Å²) < 4.78 is 15.5. The van der Waals surface area contributed by atoms with Crippen LogP contribution in [0.1, 0.15) is 49.3 Å². The second kappa shape index (κ2) is 14.4. The lowest BCUT2D eigenvalue weighted by Gasteiger charge is -2.36. The summed E-state index contributed by atoms with van der Waals surface area (Å²) in [4.78, 5) is 42.7. The molecule has 1 heterocycles. The van der Waals surface area contributed by atoms with Crippen molar-refractivity contribution in [2.24, 2.45) is 5.92 Å². The van der Waals surface area contributed by atoms with Crippen LogP contribution < -0.4 is 20.1 Å². The number of methoxy groups -OCH3 is 1. The molecule has 0 saturated carbocycles. The van der Waals surface area contributed by atoms with E-state index >= 15 is 0 Å². The van der Waals surface area contributed by atoms with Gasteiger partial charge < -0.3 is 30.0 Å². The molecule has 42 heavy (non-hydrogen) atoms. The standard InChI is InChI=1S/C30H33Cl2N3O7/c1-17(2)16-41-29(38)42-26-24(40-5)14-15-33-25(26)28(37)34-18(3)27(36)35-19(4)30(39,20-6-10-22(31)11-7-20)21-8-12-23(32)13-9-21/h6-15,17-19,39H,16H2,1-5H3,(H,34,37)(H,35,36)/t18-,19-/m0/s1. The second-order valence-electron chi connectivity index (χ2n) is 9.95. The Bertz CT molecular complexity index is 1350. The minimum atomic E-state index is -1.68. The number of benzene rings is 2. The van der Waals surface area contributed by atoms with Gasteiger partial charge in [0, 0.05) is 22.3 Å². The van der Waals surface area contributed by atoms with Gasteiger partial charge in [0.2, 0.25) is 11.7 Å². The number of hydrogen-bond donors (Lipinski definition) is 3. The maximum atomic E-state index is 13.2. The summed E-state index contributed by atoms with van der Waals surface area (Å²) in [5.74, 6) is -1.53. The number of hydrogen-bond acceptors (Lipinski definition) is 8. The Hall–Kier alpha value is -3.86. The first-order valence-electron chi connectivity index (χ1n) is 13.1. The van der Waals surface area contributed by atoms with Gasteiger partial charge in [-0.2, -0.15) is 0 Å². The largest absolute Gasteiger partial charge is 0.514 e. The lowest BCUT2D eigenvalue weighted by Crippen LogP contribution is -2.54. The lowest BCUT2D eigenvalue weighted by molar-refractivity contribution is -0.125. The molecule has 0 aliphatic heterocycles. The molecule has 0 saturated heterocycles. The summed E-state index contributed by atoms with van der Waals surface area (Å²) in [6.07, 6.45) is 0.262. The maximum Gasteiger partial charge on any atom is 0.514 e. The van der Waals surface area contributed by atoms with E-state index in [0.29, 0.717) is 21.2 Å². The van der Waals surface area contributed by atoms with Crippen LogP contribution >= 0.6 is 23.2 Å². The van der Waals surface area contributed by atoms with Crippen molar-refractivity contribution in [2.75, 3.05) is 13.7 Å². The molecule has 224 valence electrons.